The zero-order chi connectivity index (χ0) is 23.9. The third kappa shape index (κ3) is 6.57. The first-order valence-corrected chi connectivity index (χ1v) is 10.0. The third-order valence-corrected chi connectivity index (χ3v) is 5.23. The predicted molar refractivity (Wildman–Crippen MR) is 114 cm³/mol. The summed E-state index contributed by atoms with van der Waals surface area (Å²) in [6, 6.07) is 7.33. The van der Waals surface area contributed by atoms with Crippen molar-refractivity contribution < 1.29 is 17.9 Å². The SMILES string of the molecule is C=C(CC)C(=C)COC(C)(CCc1ccc(C#N)c(C(F)(F)F)c1)Cn1cc(C#N)cn1. The minimum Gasteiger partial charge on any atom is -0.369 e. The zero-order valence-corrected chi connectivity index (χ0v) is 18.2. The van der Waals surface area contributed by atoms with E-state index < -0.39 is 22.9 Å². The van der Waals surface area contributed by atoms with Gasteiger partial charge in [-0.1, -0.05) is 31.7 Å². The average molecular weight is 442 g/mol. The summed E-state index contributed by atoms with van der Waals surface area (Å²) in [7, 11) is 0. The Labute approximate surface area is 186 Å². The summed E-state index contributed by atoms with van der Waals surface area (Å²) in [5.41, 5.74) is 0.296. The van der Waals surface area contributed by atoms with Crippen LogP contribution < -0.4 is 0 Å². The van der Waals surface area contributed by atoms with Crippen LogP contribution in [0.3, 0.4) is 0 Å². The molecule has 2 rings (SSSR count). The van der Waals surface area contributed by atoms with E-state index in [-0.39, 0.29) is 6.61 Å². The topological polar surface area (TPSA) is 74.6 Å². The molecule has 0 aliphatic rings. The molecule has 2 aromatic rings. The number of halogens is 3. The summed E-state index contributed by atoms with van der Waals surface area (Å²) in [4.78, 5) is 0. The maximum atomic E-state index is 13.3. The van der Waals surface area contributed by atoms with E-state index in [9.17, 15) is 13.2 Å². The van der Waals surface area contributed by atoms with Gasteiger partial charge in [-0.15, -0.1) is 0 Å². The highest BCUT2D eigenvalue weighted by atomic mass is 19.4. The number of nitriles is 2. The second-order valence-corrected chi connectivity index (χ2v) is 7.83. The smallest absolute Gasteiger partial charge is 0.369 e. The molecule has 0 saturated heterocycles. The molecule has 1 atom stereocenters. The van der Waals surface area contributed by atoms with Gasteiger partial charge >= 0.3 is 6.18 Å². The molecule has 5 nitrogen and oxygen atoms in total. The van der Waals surface area contributed by atoms with Crippen molar-refractivity contribution in [2.24, 2.45) is 0 Å². The maximum absolute atomic E-state index is 13.3. The van der Waals surface area contributed by atoms with E-state index in [0.29, 0.717) is 30.5 Å². The van der Waals surface area contributed by atoms with E-state index in [1.165, 1.54) is 18.3 Å². The van der Waals surface area contributed by atoms with Gasteiger partial charge in [-0.25, -0.2) is 0 Å². The van der Waals surface area contributed by atoms with Crippen LogP contribution in [-0.4, -0.2) is 22.0 Å². The molecule has 0 fully saturated rings. The van der Waals surface area contributed by atoms with E-state index in [4.69, 9.17) is 15.3 Å². The molecule has 32 heavy (non-hydrogen) atoms. The van der Waals surface area contributed by atoms with Crippen molar-refractivity contribution in [3.05, 3.63) is 77.2 Å². The summed E-state index contributed by atoms with van der Waals surface area (Å²) >= 11 is 0. The number of nitrogens with zero attached hydrogens (tertiary/aromatic N) is 4. The lowest BCUT2D eigenvalue weighted by molar-refractivity contribution is -0.137. The molecule has 0 spiro atoms. The van der Waals surface area contributed by atoms with E-state index in [2.05, 4.69) is 18.3 Å². The van der Waals surface area contributed by atoms with Crippen molar-refractivity contribution in [3.63, 3.8) is 0 Å². The Kier molecular flexibility index (Phi) is 8.02. The zero-order valence-electron chi connectivity index (χ0n) is 18.2. The molecule has 0 aliphatic carbocycles. The molecule has 0 N–H and O–H groups in total. The van der Waals surface area contributed by atoms with Gasteiger partial charge in [0.05, 0.1) is 47.7 Å². The molecule has 168 valence electrons. The largest absolute Gasteiger partial charge is 0.417 e. The van der Waals surface area contributed by atoms with Crippen LogP contribution in [-0.2, 0) is 23.9 Å². The van der Waals surface area contributed by atoms with Crippen molar-refractivity contribution in [2.45, 2.75) is 51.4 Å². The second kappa shape index (κ2) is 10.3. The van der Waals surface area contributed by atoms with Crippen LogP contribution in [0.1, 0.15) is 48.9 Å². The second-order valence-electron chi connectivity index (χ2n) is 7.83. The predicted octanol–water partition coefficient (Wildman–Crippen LogP) is 5.58. The maximum Gasteiger partial charge on any atom is 0.417 e. The molecule has 0 amide bonds. The number of aromatic nitrogens is 2. The van der Waals surface area contributed by atoms with Gasteiger partial charge in [-0.3, -0.25) is 4.68 Å². The standard InChI is InChI=1S/C24H25F3N4O/c1-5-17(2)18(3)15-32-23(4,16-31-14-20(11-28)13-30-31)9-8-19-6-7-21(12-29)22(10-19)24(25,26)27/h6-7,10,13-14H,2-3,5,8-9,15-16H2,1,4H3. The fourth-order valence-corrected chi connectivity index (χ4v) is 3.15. The summed E-state index contributed by atoms with van der Waals surface area (Å²) in [5, 5.41) is 22.2. The minimum absolute atomic E-state index is 0.219. The van der Waals surface area contributed by atoms with E-state index >= 15 is 0 Å². The van der Waals surface area contributed by atoms with Crippen LogP contribution in [0.5, 0.6) is 0 Å². The molecule has 8 heteroatoms. The molecule has 1 heterocycles. The number of aryl methyl sites for hydroxylation is 1. The Morgan fingerprint density at radius 1 is 1.19 bits per heavy atom. The molecular formula is C24H25F3N4O. The van der Waals surface area contributed by atoms with E-state index in [1.807, 2.05) is 19.9 Å². The number of benzene rings is 1. The highest BCUT2D eigenvalue weighted by molar-refractivity contribution is 5.42. The number of hydrogen-bond donors (Lipinski definition) is 0. The molecule has 0 aliphatic heterocycles. The highest BCUT2D eigenvalue weighted by Gasteiger charge is 2.34. The van der Waals surface area contributed by atoms with E-state index in [1.54, 1.807) is 16.9 Å². The molecule has 1 aromatic carbocycles. The molecule has 0 bridgehead atoms. The summed E-state index contributed by atoms with van der Waals surface area (Å²) in [5.74, 6) is 0. The first kappa shape index (κ1) is 24.9. The van der Waals surface area contributed by atoms with Crippen LogP contribution in [0.2, 0.25) is 0 Å². The Hall–Kier alpha value is -3.36. The molecule has 0 saturated carbocycles. The van der Waals surface area contributed by atoms with Crippen molar-refractivity contribution in [1.29, 1.82) is 10.5 Å². The monoisotopic (exact) mass is 442 g/mol. The Morgan fingerprint density at radius 2 is 1.91 bits per heavy atom. The van der Waals surface area contributed by atoms with Gasteiger partial charge in [0, 0.05) is 6.20 Å². The average Bonchev–Trinajstić information content (AvgIpc) is 3.22. The first-order chi connectivity index (χ1) is 15.0. The van der Waals surface area contributed by atoms with Gasteiger partial charge < -0.3 is 4.74 Å². The van der Waals surface area contributed by atoms with Crippen LogP contribution >= 0.6 is 0 Å². The molecule has 1 aromatic heterocycles. The fraction of sp³-hybridized carbons (Fsp3) is 0.375. The van der Waals surface area contributed by atoms with Crippen molar-refractivity contribution in [2.75, 3.05) is 6.61 Å². The molecule has 0 radical (unpaired) electrons. The van der Waals surface area contributed by atoms with Crippen LogP contribution in [0.4, 0.5) is 13.2 Å². The van der Waals surface area contributed by atoms with Crippen molar-refractivity contribution in [1.82, 2.24) is 9.78 Å². The Balaban J connectivity index is 2.24. The number of rotatable bonds is 10. The minimum atomic E-state index is -4.61. The van der Waals surface area contributed by atoms with Gasteiger partial charge in [-0.2, -0.15) is 28.8 Å². The van der Waals surface area contributed by atoms with Gasteiger partial charge in [0.2, 0.25) is 0 Å². The first-order valence-electron chi connectivity index (χ1n) is 10.0. The third-order valence-electron chi connectivity index (χ3n) is 5.23. The van der Waals surface area contributed by atoms with Crippen LogP contribution in [0, 0.1) is 22.7 Å². The number of hydrogen-bond acceptors (Lipinski definition) is 4. The van der Waals surface area contributed by atoms with Gasteiger partial charge in [0.25, 0.3) is 0 Å². The van der Waals surface area contributed by atoms with Gasteiger partial charge in [-0.05, 0) is 49.5 Å². The van der Waals surface area contributed by atoms with Gasteiger partial charge in [0.15, 0.2) is 0 Å². The summed E-state index contributed by atoms with van der Waals surface area (Å²) in [6.45, 7) is 12.3. The van der Waals surface area contributed by atoms with Crippen molar-refractivity contribution >= 4 is 0 Å². The molecule has 1 unspecified atom stereocenters. The number of alkyl halides is 3. The lowest BCUT2D eigenvalue weighted by Gasteiger charge is -2.31. The van der Waals surface area contributed by atoms with E-state index in [0.717, 1.165) is 23.6 Å². The molecular weight excluding hydrogens is 417 g/mol. The quantitative estimate of drug-likeness (QED) is 0.451. The highest BCUT2D eigenvalue weighted by Crippen LogP contribution is 2.33. The number of ether oxygens (including phenoxy) is 1. The Bertz CT molecular complexity index is 1070. The summed E-state index contributed by atoms with van der Waals surface area (Å²) in [6.07, 6.45) is -0.182. The summed E-state index contributed by atoms with van der Waals surface area (Å²) < 4.78 is 47.6. The van der Waals surface area contributed by atoms with Crippen molar-refractivity contribution in [3.8, 4) is 12.1 Å². The lowest BCUT2D eigenvalue weighted by atomic mass is 9.94. The fourth-order valence-electron chi connectivity index (χ4n) is 3.15. The van der Waals surface area contributed by atoms with Crippen LogP contribution in [0.25, 0.3) is 0 Å². The normalized spacial score (nSPS) is 13.1. The lowest BCUT2D eigenvalue weighted by Crippen LogP contribution is -2.36. The van der Waals surface area contributed by atoms with Crippen LogP contribution in [0.15, 0.2) is 54.9 Å². The Morgan fingerprint density at radius 3 is 2.47 bits per heavy atom. The van der Waals surface area contributed by atoms with Gasteiger partial charge in [0.1, 0.15) is 6.07 Å².